The van der Waals surface area contributed by atoms with Crippen LogP contribution in [0, 0.1) is 5.92 Å². The minimum absolute atomic E-state index is 0.737. The normalized spacial score (nSPS) is 29.2. The zero-order chi connectivity index (χ0) is 13.5. The average Bonchev–Trinajstić information content (AvgIpc) is 2.43. The van der Waals surface area contributed by atoms with Crippen LogP contribution in [0.15, 0.2) is 0 Å². The molecule has 18 heavy (non-hydrogen) atoms. The van der Waals surface area contributed by atoms with Crippen molar-refractivity contribution in [1.29, 1.82) is 0 Å². The fourth-order valence-electron chi connectivity index (χ4n) is 3.24. The lowest BCUT2D eigenvalue weighted by Crippen LogP contribution is -2.51. The van der Waals surface area contributed by atoms with Gasteiger partial charge in [0.05, 0.1) is 0 Å². The zero-order valence-corrected chi connectivity index (χ0v) is 13.1. The first-order chi connectivity index (χ1) is 8.63. The first kappa shape index (κ1) is 15.9. The number of unbranched alkanes of at least 4 members (excludes halogenated alkanes) is 1. The molecule has 0 saturated heterocycles. The number of hydrogen-bond donors (Lipinski definition) is 1. The molecule has 0 aliphatic heterocycles. The highest BCUT2D eigenvalue weighted by Gasteiger charge is 2.32. The van der Waals surface area contributed by atoms with Crippen LogP contribution in [0.3, 0.4) is 0 Å². The van der Waals surface area contributed by atoms with E-state index in [9.17, 15) is 0 Å². The Hall–Kier alpha value is -0.120. The van der Waals surface area contributed by atoms with Crippen LogP contribution in [0.5, 0.6) is 0 Å². The first-order valence-electron chi connectivity index (χ1n) is 7.75. The van der Waals surface area contributed by atoms with Gasteiger partial charge >= 0.3 is 0 Å². The Labute approximate surface area is 114 Å². The van der Waals surface area contributed by atoms with Gasteiger partial charge in [-0.3, -0.25) is 0 Å². The molecule has 3 atom stereocenters. The molecule has 1 aliphatic carbocycles. The third-order valence-electron chi connectivity index (χ3n) is 4.73. The molecule has 0 aromatic carbocycles. The predicted octanol–water partition coefficient (Wildman–Crippen LogP) is 2.73. The summed E-state index contributed by atoms with van der Waals surface area (Å²) in [6.07, 6.45) is 7.87. The molecule has 1 fully saturated rings. The van der Waals surface area contributed by atoms with E-state index in [1.165, 1.54) is 45.1 Å². The van der Waals surface area contributed by atoms with Crippen LogP contribution in [0.25, 0.3) is 0 Å². The molecule has 0 aromatic heterocycles. The van der Waals surface area contributed by atoms with E-state index in [0.29, 0.717) is 0 Å². The van der Waals surface area contributed by atoms with Crippen LogP contribution in [0.1, 0.15) is 52.4 Å². The van der Waals surface area contributed by atoms with Crippen molar-refractivity contribution < 1.29 is 0 Å². The molecule has 0 spiro atoms. The molecule has 0 amide bonds. The van der Waals surface area contributed by atoms with Crippen molar-refractivity contribution in [3.05, 3.63) is 0 Å². The van der Waals surface area contributed by atoms with Crippen LogP contribution in [-0.2, 0) is 0 Å². The Bertz CT molecular complexity index is 220. The van der Waals surface area contributed by atoms with Gasteiger partial charge in [-0.1, -0.05) is 26.7 Å². The lowest BCUT2D eigenvalue weighted by atomic mass is 9.80. The highest BCUT2D eigenvalue weighted by molar-refractivity contribution is 4.86. The first-order valence-corrected chi connectivity index (χ1v) is 7.75. The Morgan fingerprint density at radius 2 is 1.89 bits per heavy atom. The number of nitrogens with zero attached hydrogens (tertiary/aromatic N) is 2. The maximum atomic E-state index is 3.46. The lowest BCUT2D eigenvalue weighted by molar-refractivity contribution is -0.0530. The van der Waals surface area contributed by atoms with Gasteiger partial charge in [-0.15, -0.1) is 0 Å². The average molecular weight is 255 g/mol. The van der Waals surface area contributed by atoms with Crippen molar-refractivity contribution in [1.82, 2.24) is 15.3 Å². The molecule has 1 aliphatic rings. The molecule has 1 rings (SSSR count). The molecule has 0 aromatic rings. The molecule has 3 nitrogen and oxygen atoms in total. The second kappa shape index (κ2) is 8.13. The summed E-state index contributed by atoms with van der Waals surface area (Å²) in [5.41, 5.74) is 0. The monoisotopic (exact) mass is 255 g/mol. The number of hydrogen-bond acceptors (Lipinski definition) is 3. The van der Waals surface area contributed by atoms with E-state index >= 15 is 0 Å². The Morgan fingerprint density at radius 3 is 2.44 bits per heavy atom. The van der Waals surface area contributed by atoms with Crippen molar-refractivity contribution in [3.8, 4) is 0 Å². The van der Waals surface area contributed by atoms with Crippen LogP contribution in [0.2, 0.25) is 0 Å². The zero-order valence-electron chi connectivity index (χ0n) is 13.1. The highest BCUT2D eigenvalue weighted by Crippen LogP contribution is 2.30. The molecule has 3 unspecified atom stereocenters. The summed E-state index contributed by atoms with van der Waals surface area (Å²) in [5, 5.41) is 8.40. The van der Waals surface area contributed by atoms with Crippen molar-refractivity contribution in [3.63, 3.8) is 0 Å². The SMILES string of the molecule is CCCCN(C)N(C)C1CCC(NC)CC1CC. The molecular formula is C15H33N3. The molecule has 108 valence electrons. The molecule has 1 N–H and O–H groups in total. The van der Waals surface area contributed by atoms with E-state index in [2.05, 4.69) is 50.3 Å². The fraction of sp³-hybridized carbons (Fsp3) is 1.00. The summed E-state index contributed by atoms with van der Waals surface area (Å²) < 4.78 is 0. The van der Waals surface area contributed by atoms with Gasteiger partial charge in [0.1, 0.15) is 0 Å². The van der Waals surface area contributed by atoms with E-state index in [4.69, 9.17) is 0 Å². The quantitative estimate of drug-likeness (QED) is 0.706. The number of nitrogens with one attached hydrogen (secondary N) is 1. The van der Waals surface area contributed by atoms with Crippen molar-refractivity contribution in [2.45, 2.75) is 64.5 Å². The molecule has 0 bridgehead atoms. The van der Waals surface area contributed by atoms with Crippen LogP contribution in [0.4, 0.5) is 0 Å². The summed E-state index contributed by atoms with van der Waals surface area (Å²) in [7, 11) is 6.63. The van der Waals surface area contributed by atoms with Gasteiger partial charge in [0.15, 0.2) is 0 Å². The van der Waals surface area contributed by atoms with E-state index < -0.39 is 0 Å². The van der Waals surface area contributed by atoms with Gasteiger partial charge in [0, 0.05) is 32.7 Å². The fourth-order valence-corrected chi connectivity index (χ4v) is 3.24. The summed E-state index contributed by atoms with van der Waals surface area (Å²) in [6, 6.07) is 1.47. The molecule has 1 saturated carbocycles. The number of rotatable bonds is 7. The van der Waals surface area contributed by atoms with Gasteiger partial charge in [-0.2, -0.15) is 0 Å². The summed E-state index contributed by atoms with van der Waals surface area (Å²) in [5.74, 6) is 0.838. The molecule has 0 heterocycles. The Morgan fingerprint density at radius 1 is 1.17 bits per heavy atom. The van der Waals surface area contributed by atoms with Crippen molar-refractivity contribution in [2.24, 2.45) is 5.92 Å². The Kier molecular flexibility index (Phi) is 7.20. The summed E-state index contributed by atoms with van der Waals surface area (Å²) >= 11 is 0. The molecular weight excluding hydrogens is 222 g/mol. The summed E-state index contributed by atoms with van der Waals surface area (Å²) in [6.45, 7) is 5.80. The largest absolute Gasteiger partial charge is 0.317 e. The third-order valence-corrected chi connectivity index (χ3v) is 4.73. The van der Waals surface area contributed by atoms with Crippen molar-refractivity contribution in [2.75, 3.05) is 27.7 Å². The maximum Gasteiger partial charge on any atom is 0.0271 e. The topological polar surface area (TPSA) is 18.5 Å². The Balaban J connectivity index is 2.52. The maximum absolute atomic E-state index is 3.46. The smallest absolute Gasteiger partial charge is 0.0271 e. The standard InChI is InChI=1S/C15H33N3/c1-6-8-11-17(4)18(5)15-10-9-14(16-3)12-13(15)7-2/h13-16H,6-12H2,1-5H3. The van der Waals surface area contributed by atoms with Crippen molar-refractivity contribution >= 4 is 0 Å². The third kappa shape index (κ3) is 4.22. The second-order valence-corrected chi connectivity index (χ2v) is 5.84. The van der Waals surface area contributed by atoms with E-state index in [1.54, 1.807) is 0 Å². The van der Waals surface area contributed by atoms with Crippen LogP contribution < -0.4 is 5.32 Å². The van der Waals surface area contributed by atoms with Crippen LogP contribution >= 0.6 is 0 Å². The van der Waals surface area contributed by atoms with E-state index in [-0.39, 0.29) is 0 Å². The van der Waals surface area contributed by atoms with Gasteiger partial charge in [0.25, 0.3) is 0 Å². The molecule has 0 radical (unpaired) electrons. The van der Waals surface area contributed by atoms with Crippen LogP contribution in [-0.4, -0.2) is 49.8 Å². The van der Waals surface area contributed by atoms with E-state index in [0.717, 1.165) is 18.0 Å². The van der Waals surface area contributed by atoms with E-state index in [1.807, 2.05) is 0 Å². The summed E-state index contributed by atoms with van der Waals surface area (Å²) in [4.78, 5) is 0. The number of hydrazine groups is 1. The minimum atomic E-state index is 0.737. The molecule has 3 heteroatoms. The highest BCUT2D eigenvalue weighted by atomic mass is 15.6. The van der Waals surface area contributed by atoms with Gasteiger partial charge < -0.3 is 5.32 Å². The van der Waals surface area contributed by atoms with Gasteiger partial charge in [-0.25, -0.2) is 10.0 Å². The predicted molar refractivity (Wildman–Crippen MR) is 79.6 cm³/mol. The van der Waals surface area contributed by atoms with Gasteiger partial charge in [-0.05, 0) is 38.6 Å². The lowest BCUT2D eigenvalue weighted by Gasteiger charge is -2.44. The second-order valence-electron chi connectivity index (χ2n) is 5.84. The minimum Gasteiger partial charge on any atom is -0.317 e. The van der Waals surface area contributed by atoms with Gasteiger partial charge in [0.2, 0.25) is 0 Å².